The molecule has 0 bridgehead atoms. The fourth-order valence-electron chi connectivity index (χ4n) is 2.16. The zero-order valence-corrected chi connectivity index (χ0v) is 17.0. The van der Waals surface area contributed by atoms with E-state index in [2.05, 4.69) is 31.2 Å². The minimum absolute atomic E-state index is 0.00678. The number of aryl methyl sites for hydroxylation is 1. The summed E-state index contributed by atoms with van der Waals surface area (Å²) in [6.07, 6.45) is -8.07. The van der Waals surface area contributed by atoms with Crippen LogP contribution in [0, 0.1) is 6.92 Å². The molecular weight excluding hydrogens is 456 g/mol. The fraction of sp³-hybridized carbons (Fsp3) is 0.500. The maximum atomic E-state index is 12.3. The Hall–Kier alpha value is -1.82. The minimum atomic E-state index is -4.46. The third-order valence-corrected chi connectivity index (χ3v) is 4.72. The summed E-state index contributed by atoms with van der Waals surface area (Å²) in [5, 5.41) is 2.77. The van der Waals surface area contributed by atoms with Crippen molar-refractivity contribution >= 4 is 27.3 Å². The van der Waals surface area contributed by atoms with E-state index in [4.69, 9.17) is 11.5 Å². The first-order chi connectivity index (χ1) is 12.5. The van der Waals surface area contributed by atoms with Crippen molar-refractivity contribution in [1.29, 1.82) is 0 Å². The van der Waals surface area contributed by atoms with Gasteiger partial charge in [0.1, 0.15) is 11.4 Å². The standard InChI is InChI=1S/C8H8BrF3N2.C8H12F3N3/c1-4-7(13-2)5(9)3-6(14-4)8(10,11)12;1-4-7(2,13)5(12)3-6(14-4)8(9,10)11/h3,13H,1-2H3;3-4H,12-13H2,1-2H3. The molecule has 5 nitrogen and oxygen atoms in total. The zero-order valence-electron chi connectivity index (χ0n) is 15.4. The quantitative estimate of drug-likeness (QED) is 0.531. The van der Waals surface area contributed by atoms with Crippen LogP contribution in [-0.2, 0) is 6.18 Å². The molecule has 1 aromatic rings. The lowest BCUT2D eigenvalue weighted by Crippen LogP contribution is -2.53. The summed E-state index contributed by atoms with van der Waals surface area (Å²) in [5.41, 5.74) is 9.18. The lowest BCUT2D eigenvalue weighted by atomic mass is 9.88. The average molecular weight is 476 g/mol. The molecule has 1 aromatic heterocycles. The summed E-state index contributed by atoms with van der Waals surface area (Å²) in [6.45, 7) is 4.58. The Bertz CT molecular complexity index is 760. The number of rotatable bonds is 1. The number of aliphatic imine (C=N–C) groups is 1. The van der Waals surface area contributed by atoms with Gasteiger partial charge in [0.2, 0.25) is 0 Å². The number of dihydropyridines is 1. The molecule has 0 saturated heterocycles. The summed E-state index contributed by atoms with van der Waals surface area (Å²) in [7, 11) is 1.63. The molecule has 2 unspecified atom stereocenters. The van der Waals surface area contributed by atoms with Gasteiger partial charge in [-0.1, -0.05) is 0 Å². The van der Waals surface area contributed by atoms with Crippen LogP contribution in [0.1, 0.15) is 25.2 Å². The van der Waals surface area contributed by atoms with Gasteiger partial charge in [-0.05, 0) is 48.8 Å². The van der Waals surface area contributed by atoms with Crippen LogP contribution in [0.5, 0.6) is 0 Å². The Balaban J connectivity index is 0.000000280. The van der Waals surface area contributed by atoms with Gasteiger partial charge in [-0.15, -0.1) is 0 Å². The molecule has 0 saturated carbocycles. The van der Waals surface area contributed by atoms with Gasteiger partial charge in [-0.2, -0.15) is 26.3 Å². The molecule has 1 aliphatic heterocycles. The second kappa shape index (κ2) is 8.27. The molecule has 0 radical (unpaired) electrons. The molecule has 2 rings (SSSR count). The number of allylic oxidation sites excluding steroid dienone is 1. The molecule has 0 amide bonds. The summed E-state index contributed by atoms with van der Waals surface area (Å²) in [4.78, 5) is 6.93. The van der Waals surface area contributed by atoms with Crippen LogP contribution in [0.3, 0.4) is 0 Å². The molecule has 0 fully saturated rings. The molecule has 158 valence electrons. The third kappa shape index (κ3) is 5.60. The van der Waals surface area contributed by atoms with Gasteiger partial charge >= 0.3 is 12.4 Å². The number of halogens is 7. The van der Waals surface area contributed by atoms with E-state index < -0.39 is 35.3 Å². The van der Waals surface area contributed by atoms with Gasteiger partial charge in [0.25, 0.3) is 0 Å². The lowest BCUT2D eigenvalue weighted by Gasteiger charge is -2.33. The summed E-state index contributed by atoms with van der Waals surface area (Å²) in [6, 6.07) is 0.280. The van der Waals surface area contributed by atoms with Gasteiger partial charge in [-0.25, -0.2) is 4.98 Å². The number of alkyl halides is 6. The van der Waals surface area contributed by atoms with E-state index in [-0.39, 0.29) is 5.70 Å². The smallest absolute Gasteiger partial charge is 0.400 e. The van der Waals surface area contributed by atoms with Crippen molar-refractivity contribution in [2.45, 2.75) is 44.7 Å². The summed E-state index contributed by atoms with van der Waals surface area (Å²) >= 11 is 3.05. The topological polar surface area (TPSA) is 89.3 Å². The highest BCUT2D eigenvalue weighted by atomic mass is 79.9. The normalized spacial score (nSPS) is 22.6. The first kappa shape index (κ1) is 24.2. The second-order valence-electron chi connectivity index (χ2n) is 6.27. The third-order valence-electron chi connectivity index (χ3n) is 4.10. The van der Waals surface area contributed by atoms with E-state index in [9.17, 15) is 26.3 Å². The number of anilines is 1. The predicted molar refractivity (Wildman–Crippen MR) is 99.0 cm³/mol. The van der Waals surface area contributed by atoms with Gasteiger partial charge in [0.15, 0.2) is 0 Å². The van der Waals surface area contributed by atoms with Crippen molar-refractivity contribution < 1.29 is 26.3 Å². The SMILES string of the molecule is CC1N=C(C(F)(F)F)C=C(N)C1(C)N.CNc1c(Br)cc(C(F)(F)F)nc1C. The second-order valence-corrected chi connectivity index (χ2v) is 7.12. The number of hydrogen-bond acceptors (Lipinski definition) is 5. The van der Waals surface area contributed by atoms with Crippen LogP contribution in [-0.4, -0.2) is 35.5 Å². The van der Waals surface area contributed by atoms with Crippen molar-refractivity contribution in [3.8, 4) is 0 Å². The van der Waals surface area contributed by atoms with Crippen molar-refractivity contribution in [3.63, 3.8) is 0 Å². The van der Waals surface area contributed by atoms with Crippen LogP contribution in [0.15, 0.2) is 27.3 Å². The predicted octanol–water partition coefficient (Wildman–Crippen LogP) is 4.16. The van der Waals surface area contributed by atoms with Gasteiger partial charge in [0, 0.05) is 17.2 Å². The highest BCUT2D eigenvalue weighted by Crippen LogP contribution is 2.33. The van der Waals surface area contributed by atoms with Crippen LogP contribution < -0.4 is 16.8 Å². The molecule has 2 heterocycles. The van der Waals surface area contributed by atoms with Crippen LogP contribution in [0.4, 0.5) is 32.0 Å². The minimum Gasteiger partial charge on any atom is -0.400 e. The van der Waals surface area contributed by atoms with E-state index in [1.807, 2.05) is 0 Å². The Morgan fingerprint density at radius 2 is 1.71 bits per heavy atom. The van der Waals surface area contributed by atoms with E-state index in [1.54, 1.807) is 14.0 Å². The lowest BCUT2D eigenvalue weighted by molar-refractivity contribution is -0.141. The number of nitrogens with one attached hydrogen (secondary N) is 1. The van der Waals surface area contributed by atoms with Crippen molar-refractivity contribution in [1.82, 2.24) is 4.98 Å². The van der Waals surface area contributed by atoms with Crippen molar-refractivity contribution in [2.75, 3.05) is 12.4 Å². The molecule has 0 spiro atoms. The highest BCUT2D eigenvalue weighted by Gasteiger charge is 2.41. The molecule has 5 N–H and O–H groups in total. The van der Waals surface area contributed by atoms with Crippen LogP contribution >= 0.6 is 15.9 Å². The maximum absolute atomic E-state index is 12.3. The zero-order chi connectivity index (χ0) is 22.1. The number of aromatic nitrogens is 1. The van der Waals surface area contributed by atoms with E-state index in [1.165, 1.54) is 13.8 Å². The fourth-order valence-corrected chi connectivity index (χ4v) is 2.86. The molecule has 1 aliphatic rings. The summed E-state index contributed by atoms with van der Waals surface area (Å²) < 4.78 is 74.0. The maximum Gasteiger partial charge on any atom is 0.433 e. The Morgan fingerprint density at radius 1 is 1.18 bits per heavy atom. The van der Waals surface area contributed by atoms with Crippen LogP contribution in [0.2, 0.25) is 0 Å². The number of hydrogen-bond donors (Lipinski definition) is 3. The summed E-state index contributed by atoms with van der Waals surface area (Å²) in [5.74, 6) is 0. The highest BCUT2D eigenvalue weighted by molar-refractivity contribution is 9.10. The number of nitrogens with zero attached hydrogens (tertiary/aromatic N) is 2. The molecule has 28 heavy (non-hydrogen) atoms. The van der Waals surface area contributed by atoms with Gasteiger partial charge in [0.05, 0.1) is 23.0 Å². The van der Waals surface area contributed by atoms with Gasteiger partial charge < -0.3 is 16.8 Å². The molecule has 2 atom stereocenters. The van der Waals surface area contributed by atoms with E-state index in [0.29, 0.717) is 15.9 Å². The average Bonchev–Trinajstić information content (AvgIpc) is 2.51. The number of pyridine rings is 1. The van der Waals surface area contributed by atoms with Crippen molar-refractivity contribution in [2.24, 2.45) is 16.5 Å². The number of nitrogens with two attached hydrogens (primary N) is 2. The monoisotopic (exact) mass is 475 g/mol. The Kier molecular flexibility index (Phi) is 7.16. The van der Waals surface area contributed by atoms with E-state index >= 15 is 0 Å². The largest absolute Gasteiger partial charge is 0.433 e. The van der Waals surface area contributed by atoms with E-state index in [0.717, 1.165) is 12.1 Å². The first-order valence-electron chi connectivity index (χ1n) is 7.85. The Labute approximate surface area is 166 Å². The Morgan fingerprint density at radius 3 is 2.07 bits per heavy atom. The first-order valence-corrected chi connectivity index (χ1v) is 8.64. The van der Waals surface area contributed by atoms with Crippen molar-refractivity contribution in [3.05, 3.63) is 33.7 Å². The molecule has 0 aromatic carbocycles. The molecular formula is C16H20BrF6N5. The molecule has 0 aliphatic carbocycles. The van der Waals surface area contributed by atoms with Gasteiger partial charge in [-0.3, -0.25) is 4.99 Å². The molecule has 12 heteroatoms. The van der Waals surface area contributed by atoms with Crippen LogP contribution in [0.25, 0.3) is 0 Å².